The number of carbonyl (C=O) groups excluding carboxylic acids is 1. The quantitative estimate of drug-likeness (QED) is 0.904. The van der Waals surface area contributed by atoms with Crippen LogP contribution in [0.5, 0.6) is 0 Å². The second kappa shape index (κ2) is 6.90. The lowest BCUT2D eigenvalue weighted by molar-refractivity contribution is 0.0915. The van der Waals surface area contributed by atoms with E-state index in [0.717, 1.165) is 11.1 Å². The highest BCUT2D eigenvalue weighted by Gasteiger charge is 2.18. The van der Waals surface area contributed by atoms with Gasteiger partial charge in [0.15, 0.2) is 0 Å². The highest BCUT2D eigenvalue weighted by atomic mass is 35.5. The highest BCUT2D eigenvalue weighted by molar-refractivity contribution is 6.30. The van der Waals surface area contributed by atoms with Crippen molar-refractivity contribution in [1.29, 1.82) is 0 Å². The number of carbonyl (C=O) groups is 1. The number of aryl methyl sites for hydroxylation is 1. The molecule has 2 aromatic rings. The van der Waals surface area contributed by atoms with Crippen LogP contribution in [-0.2, 0) is 0 Å². The van der Waals surface area contributed by atoms with Crippen molar-refractivity contribution in [3.63, 3.8) is 0 Å². The zero-order valence-electron chi connectivity index (χ0n) is 12.4. The Morgan fingerprint density at radius 3 is 2.68 bits per heavy atom. The van der Waals surface area contributed by atoms with E-state index in [0.29, 0.717) is 11.1 Å². The van der Waals surface area contributed by atoms with Crippen molar-refractivity contribution in [3.05, 3.63) is 69.5 Å². The minimum atomic E-state index is -0.695. The van der Waals surface area contributed by atoms with Crippen LogP contribution < -0.4 is 5.32 Å². The fourth-order valence-corrected chi connectivity index (χ4v) is 2.31. The van der Waals surface area contributed by atoms with E-state index < -0.39 is 11.9 Å². The Kier molecular flexibility index (Phi) is 5.16. The summed E-state index contributed by atoms with van der Waals surface area (Å²) in [6.45, 7) is 3.45. The molecule has 0 aromatic heterocycles. The number of hydrogen-bond donors (Lipinski definition) is 2. The van der Waals surface area contributed by atoms with Crippen LogP contribution in [0.15, 0.2) is 36.4 Å². The smallest absolute Gasteiger partial charge is 0.252 e. The zero-order valence-corrected chi connectivity index (χ0v) is 13.1. The molecule has 0 fully saturated rings. The molecule has 0 aliphatic rings. The number of rotatable bonds is 4. The van der Waals surface area contributed by atoms with E-state index in [9.17, 15) is 14.3 Å². The molecule has 2 aromatic carbocycles. The van der Waals surface area contributed by atoms with Gasteiger partial charge < -0.3 is 10.4 Å². The van der Waals surface area contributed by atoms with Crippen molar-refractivity contribution >= 4 is 17.5 Å². The van der Waals surface area contributed by atoms with Gasteiger partial charge in [-0.25, -0.2) is 4.39 Å². The van der Waals surface area contributed by atoms with E-state index in [4.69, 9.17) is 11.6 Å². The molecule has 0 bridgehead atoms. The molecule has 0 aliphatic heterocycles. The minimum absolute atomic E-state index is 0.00120. The molecule has 0 radical (unpaired) electrons. The van der Waals surface area contributed by atoms with Crippen molar-refractivity contribution < 1.29 is 14.3 Å². The summed E-state index contributed by atoms with van der Waals surface area (Å²) in [5.74, 6) is -0.894. The Morgan fingerprint density at radius 1 is 1.32 bits per heavy atom. The first-order valence-electron chi connectivity index (χ1n) is 6.87. The fraction of sp³-hybridized carbons (Fsp3) is 0.235. The third-order valence-corrected chi connectivity index (χ3v) is 3.99. The van der Waals surface area contributed by atoms with E-state index >= 15 is 0 Å². The molecule has 0 heterocycles. The SMILES string of the molecule is Cc1cccc(C(=O)NC(CO)c2ccc(Cl)c(F)c2)c1C. The summed E-state index contributed by atoms with van der Waals surface area (Å²) in [6.07, 6.45) is 0. The second-order valence-electron chi connectivity index (χ2n) is 5.13. The Bertz CT molecular complexity index is 703. The van der Waals surface area contributed by atoms with E-state index in [1.807, 2.05) is 19.9 Å². The largest absolute Gasteiger partial charge is 0.394 e. The summed E-state index contributed by atoms with van der Waals surface area (Å²) in [4.78, 5) is 12.4. The number of nitrogens with one attached hydrogen (secondary N) is 1. The van der Waals surface area contributed by atoms with Crippen molar-refractivity contribution in [1.82, 2.24) is 5.32 Å². The summed E-state index contributed by atoms with van der Waals surface area (Å²) >= 11 is 5.64. The predicted molar refractivity (Wildman–Crippen MR) is 84.6 cm³/mol. The Hall–Kier alpha value is -1.91. The molecule has 1 atom stereocenters. The van der Waals surface area contributed by atoms with Gasteiger partial charge in [-0.15, -0.1) is 0 Å². The molecule has 5 heteroatoms. The molecule has 1 amide bonds. The monoisotopic (exact) mass is 321 g/mol. The molecule has 0 saturated carbocycles. The van der Waals surface area contributed by atoms with Gasteiger partial charge in [0.1, 0.15) is 5.82 Å². The minimum Gasteiger partial charge on any atom is -0.394 e. The molecule has 0 aliphatic carbocycles. The van der Waals surface area contributed by atoms with E-state index in [1.165, 1.54) is 12.1 Å². The average Bonchev–Trinajstić information content (AvgIpc) is 2.50. The molecule has 0 spiro atoms. The summed E-state index contributed by atoms with van der Waals surface area (Å²) in [6, 6.07) is 8.94. The van der Waals surface area contributed by atoms with Crippen molar-refractivity contribution in [2.24, 2.45) is 0 Å². The van der Waals surface area contributed by atoms with E-state index in [1.54, 1.807) is 18.2 Å². The zero-order chi connectivity index (χ0) is 16.3. The van der Waals surface area contributed by atoms with Gasteiger partial charge in [-0.2, -0.15) is 0 Å². The third-order valence-electron chi connectivity index (χ3n) is 3.68. The van der Waals surface area contributed by atoms with Crippen LogP contribution in [0, 0.1) is 19.7 Å². The Morgan fingerprint density at radius 2 is 2.05 bits per heavy atom. The van der Waals surface area contributed by atoms with Gasteiger partial charge in [0, 0.05) is 5.56 Å². The maximum Gasteiger partial charge on any atom is 0.252 e. The van der Waals surface area contributed by atoms with Gasteiger partial charge >= 0.3 is 0 Å². The fourth-order valence-electron chi connectivity index (χ4n) is 2.20. The Balaban J connectivity index is 2.24. The van der Waals surface area contributed by atoms with E-state index in [-0.39, 0.29) is 17.5 Å². The van der Waals surface area contributed by atoms with Crippen LogP contribution in [0.2, 0.25) is 5.02 Å². The lowest BCUT2D eigenvalue weighted by Gasteiger charge is -2.18. The van der Waals surface area contributed by atoms with Crippen LogP contribution in [-0.4, -0.2) is 17.6 Å². The first-order chi connectivity index (χ1) is 10.4. The number of aliphatic hydroxyl groups is 1. The van der Waals surface area contributed by atoms with Crippen LogP contribution in [0.4, 0.5) is 4.39 Å². The molecule has 116 valence electrons. The molecular formula is C17H17ClFNO2. The van der Waals surface area contributed by atoms with Gasteiger partial charge in [0.05, 0.1) is 17.7 Å². The molecule has 3 nitrogen and oxygen atoms in total. The number of aliphatic hydroxyl groups excluding tert-OH is 1. The number of halogens is 2. The molecule has 2 N–H and O–H groups in total. The standard InChI is InChI=1S/C17H17ClFNO2/c1-10-4-3-5-13(11(10)2)17(22)20-16(9-21)12-6-7-14(18)15(19)8-12/h3-8,16,21H,9H2,1-2H3,(H,20,22). The van der Waals surface area contributed by atoms with Gasteiger partial charge in [0.25, 0.3) is 5.91 Å². The first-order valence-corrected chi connectivity index (χ1v) is 7.24. The van der Waals surface area contributed by atoms with Gasteiger partial charge in [0.2, 0.25) is 0 Å². The van der Waals surface area contributed by atoms with Gasteiger partial charge in [-0.1, -0.05) is 29.8 Å². The second-order valence-corrected chi connectivity index (χ2v) is 5.54. The predicted octanol–water partition coefficient (Wildman–Crippen LogP) is 3.56. The van der Waals surface area contributed by atoms with Crippen molar-refractivity contribution in [2.75, 3.05) is 6.61 Å². The number of hydrogen-bond acceptors (Lipinski definition) is 2. The normalized spacial score (nSPS) is 12.0. The molecule has 0 saturated heterocycles. The van der Waals surface area contributed by atoms with Crippen molar-refractivity contribution in [2.45, 2.75) is 19.9 Å². The maximum atomic E-state index is 13.5. The molecule has 1 unspecified atom stereocenters. The number of amides is 1. The lowest BCUT2D eigenvalue weighted by atomic mass is 10.0. The Labute approximate surface area is 133 Å². The van der Waals surface area contributed by atoms with Crippen LogP contribution >= 0.6 is 11.6 Å². The van der Waals surface area contributed by atoms with Crippen LogP contribution in [0.1, 0.15) is 33.1 Å². The van der Waals surface area contributed by atoms with Crippen LogP contribution in [0.25, 0.3) is 0 Å². The highest BCUT2D eigenvalue weighted by Crippen LogP contribution is 2.21. The summed E-state index contributed by atoms with van der Waals surface area (Å²) in [7, 11) is 0. The topological polar surface area (TPSA) is 49.3 Å². The maximum absolute atomic E-state index is 13.5. The molecular weight excluding hydrogens is 305 g/mol. The summed E-state index contributed by atoms with van der Waals surface area (Å²) in [5, 5.41) is 12.2. The van der Waals surface area contributed by atoms with Crippen LogP contribution in [0.3, 0.4) is 0 Å². The third kappa shape index (κ3) is 3.46. The summed E-state index contributed by atoms with van der Waals surface area (Å²) < 4.78 is 13.5. The van der Waals surface area contributed by atoms with Crippen molar-refractivity contribution in [3.8, 4) is 0 Å². The first kappa shape index (κ1) is 16.5. The van der Waals surface area contributed by atoms with E-state index in [2.05, 4.69) is 5.32 Å². The lowest BCUT2D eigenvalue weighted by Crippen LogP contribution is -2.31. The van der Waals surface area contributed by atoms with Gasteiger partial charge in [-0.05, 0) is 48.7 Å². The summed E-state index contributed by atoms with van der Waals surface area (Å²) in [5.41, 5.74) is 2.88. The average molecular weight is 322 g/mol. The van der Waals surface area contributed by atoms with Gasteiger partial charge in [-0.3, -0.25) is 4.79 Å². The molecule has 22 heavy (non-hydrogen) atoms. The molecule has 2 rings (SSSR count). The number of benzene rings is 2.